The van der Waals surface area contributed by atoms with Crippen LogP contribution in [-0.2, 0) is 6.54 Å². The maximum Gasteiger partial charge on any atom is 0.0998 e. The minimum absolute atomic E-state index is 0.679. The number of hydrogen-bond acceptors (Lipinski definition) is 1. The third-order valence-electron chi connectivity index (χ3n) is 5.04. The van der Waals surface area contributed by atoms with E-state index in [1.54, 1.807) is 0 Å². The SMILES string of the molecule is Cc1ccc(/C(C#N)=C\c2cn(Cc3cccc(C)c3)c3ccccc23)cc1. The summed E-state index contributed by atoms with van der Waals surface area (Å²) < 4.78 is 2.26. The minimum Gasteiger partial charge on any atom is -0.342 e. The van der Waals surface area contributed by atoms with Crippen LogP contribution in [0.25, 0.3) is 22.6 Å². The van der Waals surface area contributed by atoms with Crippen molar-refractivity contribution in [2.24, 2.45) is 0 Å². The lowest BCUT2D eigenvalue weighted by Gasteiger charge is -2.06. The Labute approximate surface area is 166 Å². The van der Waals surface area contributed by atoms with Gasteiger partial charge in [-0.2, -0.15) is 5.26 Å². The summed E-state index contributed by atoms with van der Waals surface area (Å²) in [4.78, 5) is 0. The predicted molar refractivity (Wildman–Crippen MR) is 117 cm³/mol. The molecule has 4 aromatic rings. The number of aromatic nitrogens is 1. The smallest absolute Gasteiger partial charge is 0.0998 e. The quantitative estimate of drug-likeness (QED) is 0.388. The van der Waals surface area contributed by atoms with E-state index < -0.39 is 0 Å². The highest BCUT2D eigenvalue weighted by molar-refractivity contribution is 5.98. The molecule has 3 aromatic carbocycles. The van der Waals surface area contributed by atoms with Gasteiger partial charge in [-0.3, -0.25) is 0 Å². The monoisotopic (exact) mass is 362 g/mol. The number of aryl methyl sites for hydroxylation is 2. The Morgan fingerprint density at radius 3 is 2.46 bits per heavy atom. The lowest BCUT2D eigenvalue weighted by atomic mass is 10.0. The molecule has 1 heterocycles. The lowest BCUT2D eigenvalue weighted by Crippen LogP contribution is -1.97. The fraction of sp³-hybridized carbons (Fsp3) is 0.115. The van der Waals surface area contributed by atoms with E-state index >= 15 is 0 Å². The van der Waals surface area contributed by atoms with Gasteiger partial charge in [-0.15, -0.1) is 0 Å². The van der Waals surface area contributed by atoms with Crippen LogP contribution < -0.4 is 0 Å². The van der Waals surface area contributed by atoms with Crippen molar-refractivity contribution in [3.63, 3.8) is 0 Å². The van der Waals surface area contributed by atoms with Crippen molar-refractivity contribution in [3.05, 3.63) is 107 Å². The van der Waals surface area contributed by atoms with Gasteiger partial charge in [0.2, 0.25) is 0 Å². The first-order valence-corrected chi connectivity index (χ1v) is 9.46. The summed E-state index contributed by atoms with van der Waals surface area (Å²) in [5, 5.41) is 10.9. The summed E-state index contributed by atoms with van der Waals surface area (Å²) in [6, 6.07) is 27.4. The van der Waals surface area contributed by atoms with Gasteiger partial charge in [-0.05, 0) is 37.1 Å². The first-order valence-electron chi connectivity index (χ1n) is 9.46. The zero-order valence-electron chi connectivity index (χ0n) is 16.2. The number of fused-ring (bicyclic) bond motifs is 1. The van der Waals surface area contributed by atoms with Gasteiger partial charge in [-0.25, -0.2) is 0 Å². The summed E-state index contributed by atoms with van der Waals surface area (Å²) in [6.45, 7) is 4.98. The molecule has 2 nitrogen and oxygen atoms in total. The summed E-state index contributed by atoms with van der Waals surface area (Å²) in [6.07, 6.45) is 4.15. The predicted octanol–water partition coefficient (Wildman–Crippen LogP) is 6.37. The summed E-state index contributed by atoms with van der Waals surface area (Å²) in [7, 11) is 0. The Bertz CT molecular complexity index is 1200. The van der Waals surface area contributed by atoms with E-state index in [1.807, 2.05) is 30.3 Å². The molecule has 0 aliphatic rings. The van der Waals surface area contributed by atoms with Crippen LogP contribution in [0.5, 0.6) is 0 Å². The molecule has 28 heavy (non-hydrogen) atoms. The van der Waals surface area contributed by atoms with E-state index in [9.17, 15) is 5.26 Å². The second-order valence-corrected chi connectivity index (χ2v) is 7.25. The lowest BCUT2D eigenvalue weighted by molar-refractivity contribution is 0.835. The van der Waals surface area contributed by atoms with Crippen LogP contribution in [0.1, 0.15) is 27.8 Å². The fourth-order valence-electron chi connectivity index (χ4n) is 3.60. The first kappa shape index (κ1) is 17.8. The van der Waals surface area contributed by atoms with Gasteiger partial charge in [0.25, 0.3) is 0 Å². The highest BCUT2D eigenvalue weighted by Crippen LogP contribution is 2.27. The van der Waals surface area contributed by atoms with Gasteiger partial charge in [0.1, 0.15) is 0 Å². The molecule has 0 aliphatic carbocycles. The second-order valence-electron chi connectivity index (χ2n) is 7.25. The maximum absolute atomic E-state index is 9.73. The molecular weight excluding hydrogens is 340 g/mol. The van der Waals surface area contributed by atoms with Gasteiger partial charge >= 0.3 is 0 Å². The minimum atomic E-state index is 0.679. The average molecular weight is 362 g/mol. The summed E-state index contributed by atoms with van der Waals surface area (Å²) in [5.41, 5.74) is 7.60. The van der Waals surface area contributed by atoms with Gasteiger partial charge in [-0.1, -0.05) is 77.9 Å². The van der Waals surface area contributed by atoms with Gasteiger partial charge in [0.15, 0.2) is 0 Å². The first-order chi connectivity index (χ1) is 13.6. The van der Waals surface area contributed by atoms with Crippen LogP contribution in [0.15, 0.2) is 79.0 Å². The number of hydrogen-bond donors (Lipinski definition) is 0. The average Bonchev–Trinajstić information content (AvgIpc) is 3.04. The topological polar surface area (TPSA) is 28.7 Å². The molecule has 4 rings (SSSR count). The molecule has 0 fully saturated rings. The molecule has 2 heteroatoms. The van der Waals surface area contributed by atoms with Crippen LogP contribution in [-0.4, -0.2) is 4.57 Å². The number of rotatable bonds is 4. The molecule has 0 spiro atoms. The number of nitrogens with zero attached hydrogens (tertiary/aromatic N) is 2. The molecule has 0 amide bonds. The van der Waals surface area contributed by atoms with Gasteiger partial charge in [0, 0.05) is 29.2 Å². The molecule has 0 aliphatic heterocycles. The standard InChI is InChI=1S/C26H22N2/c1-19-10-12-22(13-11-19)23(16-27)15-24-18-28(26-9-4-3-8-25(24)26)17-21-7-5-6-20(2)14-21/h3-15,18H,17H2,1-2H3/b23-15-. The van der Waals surface area contributed by atoms with Crippen LogP contribution in [0.3, 0.4) is 0 Å². The Hall–Kier alpha value is -3.57. The van der Waals surface area contributed by atoms with Crippen LogP contribution in [0.2, 0.25) is 0 Å². The molecule has 0 saturated heterocycles. The van der Waals surface area contributed by atoms with Crippen LogP contribution in [0.4, 0.5) is 0 Å². The summed E-state index contributed by atoms with van der Waals surface area (Å²) >= 11 is 0. The van der Waals surface area contributed by atoms with E-state index in [-0.39, 0.29) is 0 Å². The van der Waals surface area contributed by atoms with E-state index in [0.29, 0.717) is 5.57 Å². The number of benzene rings is 3. The summed E-state index contributed by atoms with van der Waals surface area (Å²) in [5.74, 6) is 0. The molecule has 0 bridgehead atoms. The van der Waals surface area contributed by atoms with E-state index in [1.165, 1.54) is 22.2 Å². The van der Waals surface area contributed by atoms with Crippen LogP contribution >= 0.6 is 0 Å². The van der Waals surface area contributed by atoms with E-state index in [0.717, 1.165) is 23.1 Å². The Morgan fingerprint density at radius 1 is 0.929 bits per heavy atom. The van der Waals surface area contributed by atoms with Gasteiger partial charge in [0.05, 0.1) is 11.6 Å². The Morgan fingerprint density at radius 2 is 1.71 bits per heavy atom. The number of para-hydroxylation sites is 1. The van der Waals surface area contributed by atoms with Crippen molar-refractivity contribution in [2.45, 2.75) is 20.4 Å². The van der Waals surface area contributed by atoms with Crippen molar-refractivity contribution < 1.29 is 0 Å². The molecule has 0 radical (unpaired) electrons. The third kappa shape index (κ3) is 3.61. The molecule has 0 saturated carbocycles. The van der Waals surface area contributed by atoms with Crippen molar-refractivity contribution in [1.29, 1.82) is 5.26 Å². The van der Waals surface area contributed by atoms with Crippen molar-refractivity contribution >= 4 is 22.6 Å². The normalized spacial score (nSPS) is 11.5. The Balaban J connectivity index is 1.79. The van der Waals surface area contributed by atoms with Crippen molar-refractivity contribution in [1.82, 2.24) is 4.57 Å². The molecule has 1 aromatic heterocycles. The zero-order chi connectivity index (χ0) is 19.5. The largest absolute Gasteiger partial charge is 0.342 e. The molecule has 0 atom stereocenters. The zero-order valence-corrected chi connectivity index (χ0v) is 16.2. The third-order valence-corrected chi connectivity index (χ3v) is 5.04. The van der Waals surface area contributed by atoms with E-state index in [4.69, 9.17) is 0 Å². The highest BCUT2D eigenvalue weighted by atomic mass is 15.0. The Kier molecular flexibility index (Phi) is 4.83. The van der Waals surface area contributed by atoms with E-state index in [2.05, 4.69) is 79.2 Å². The molecule has 0 unspecified atom stereocenters. The molecular formula is C26H22N2. The number of allylic oxidation sites excluding steroid dienone is 1. The van der Waals surface area contributed by atoms with Gasteiger partial charge < -0.3 is 4.57 Å². The second kappa shape index (κ2) is 7.58. The molecule has 0 N–H and O–H groups in total. The maximum atomic E-state index is 9.73. The number of nitriles is 1. The van der Waals surface area contributed by atoms with Crippen molar-refractivity contribution in [2.75, 3.05) is 0 Å². The molecule has 136 valence electrons. The highest BCUT2D eigenvalue weighted by Gasteiger charge is 2.09. The van der Waals surface area contributed by atoms with Crippen LogP contribution in [0, 0.1) is 25.2 Å². The van der Waals surface area contributed by atoms with Crippen molar-refractivity contribution in [3.8, 4) is 6.07 Å². The fourth-order valence-corrected chi connectivity index (χ4v) is 3.60.